The van der Waals surface area contributed by atoms with Gasteiger partial charge in [0, 0.05) is 12.1 Å². The molecule has 0 radical (unpaired) electrons. The molecule has 1 aromatic rings. The van der Waals surface area contributed by atoms with Gasteiger partial charge < -0.3 is 10.2 Å². The van der Waals surface area contributed by atoms with Crippen molar-refractivity contribution in [3.05, 3.63) is 29.8 Å². The molecule has 7 heteroatoms. The van der Waals surface area contributed by atoms with Gasteiger partial charge in [-0.05, 0) is 70.2 Å². The van der Waals surface area contributed by atoms with Gasteiger partial charge in [0.05, 0.1) is 4.90 Å². The summed E-state index contributed by atoms with van der Waals surface area (Å²) in [5, 5.41) is 2.90. The van der Waals surface area contributed by atoms with Crippen LogP contribution in [0.15, 0.2) is 29.2 Å². The molecular weight excluding hydrogens is 326 g/mol. The number of carbonyl (C=O) groups excluding carboxylic acids is 1. The molecule has 134 valence electrons. The molecule has 1 fully saturated rings. The summed E-state index contributed by atoms with van der Waals surface area (Å²) in [6.45, 7) is 3.97. The molecule has 1 amide bonds. The van der Waals surface area contributed by atoms with E-state index in [4.69, 9.17) is 0 Å². The average molecular weight is 353 g/mol. The Kier molecular flexibility index (Phi) is 7.20. The molecule has 0 bridgehead atoms. The zero-order valence-electron chi connectivity index (χ0n) is 14.3. The third kappa shape index (κ3) is 5.58. The minimum atomic E-state index is -3.46. The highest BCUT2D eigenvalue weighted by molar-refractivity contribution is 7.89. The van der Waals surface area contributed by atoms with E-state index in [0.717, 1.165) is 26.1 Å². The zero-order chi connectivity index (χ0) is 17.4. The van der Waals surface area contributed by atoms with Crippen molar-refractivity contribution in [3.8, 4) is 0 Å². The van der Waals surface area contributed by atoms with Crippen LogP contribution in [0.5, 0.6) is 0 Å². The second-order valence-electron chi connectivity index (χ2n) is 6.10. The predicted molar refractivity (Wildman–Crippen MR) is 94.5 cm³/mol. The third-order valence-corrected chi connectivity index (χ3v) is 5.76. The quantitative estimate of drug-likeness (QED) is 0.730. The molecule has 0 spiro atoms. The summed E-state index contributed by atoms with van der Waals surface area (Å²) in [7, 11) is -2.10. The average Bonchev–Trinajstić information content (AvgIpc) is 2.87. The van der Waals surface area contributed by atoms with Crippen LogP contribution in [0.25, 0.3) is 0 Å². The Morgan fingerprint density at radius 2 is 1.71 bits per heavy atom. The maximum absolute atomic E-state index is 12.1. The number of sulfonamides is 1. The summed E-state index contributed by atoms with van der Waals surface area (Å²) in [4.78, 5) is 14.7. The van der Waals surface area contributed by atoms with E-state index in [1.54, 1.807) is 0 Å². The molecule has 6 nitrogen and oxygen atoms in total. The van der Waals surface area contributed by atoms with E-state index >= 15 is 0 Å². The Morgan fingerprint density at radius 1 is 1.08 bits per heavy atom. The Labute approximate surface area is 144 Å². The second-order valence-corrected chi connectivity index (χ2v) is 7.98. The number of carbonyl (C=O) groups is 1. The normalized spacial score (nSPS) is 16.5. The summed E-state index contributed by atoms with van der Waals surface area (Å²) in [5.74, 6) is -0.167. The minimum absolute atomic E-state index is 0.155. The Hall–Kier alpha value is -1.44. The van der Waals surface area contributed by atoms with Crippen LogP contribution in [0.2, 0.25) is 0 Å². The molecule has 1 aliphatic rings. The van der Waals surface area contributed by atoms with Gasteiger partial charge >= 0.3 is 0 Å². The van der Waals surface area contributed by atoms with E-state index in [2.05, 4.69) is 14.9 Å². The van der Waals surface area contributed by atoms with Crippen molar-refractivity contribution in [1.82, 2.24) is 14.9 Å². The first-order chi connectivity index (χ1) is 11.5. The van der Waals surface area contributed by atoms with Crippen LogP contribution in [0.1, 0.15) is 42.5 Å². The van der Waals surface area contributed by atoms with Gasteiger partial charge in [-0.1, -0.05) is 12.8 Å². The topological polar surface area (TPSA) is 78.5 Å². The molecule has 24 heavy (non-hydrogen) atoms. The lowest BCUT2D eigenvalue weighted by Crippen LogP contribution is -2.30. The number of nitrogens with zero attached hydrogens (tertiary/aromatic N) is 1. The van der Waals surface area contributed by atoms with Crippen molar-refractivity contribution in [2.24, 2.45) is 0 Å². The predicted octanol–water partition coefficient (Wildman–Crippen LogP) is 1.59. The molecule has 0 aliphatic carbocycles. The number of nitrogens with one attached hydrogen (secondary N) is 2. The van der Waals surface area contributed by atoms with E-state index < -0.39 is 10.0 Å². The van der Waals surface area contributed by atoms with E-state index in [0.29, 0.717) is 12.1 Å². The smallest absolute Gasteiger partial charge is 0.251 e. The summed E-state index contributed by atoms with van der Waals surface area (Å²) < 4.78 is 25.6. The number of amides is 1. The molecule has 2 rings (SSSR count). The first kappa shape index (κ1) is 18.9. The monoisotopic (exact) mass is 353 g/mol. The summed E-state index contributed by atoms with van der Waals surface area (Å²) in [5.41, 5.74) is 0.472. The van der Waals surface area contributed by atoms with Gasteiger partial charge in [0.15, 0.2) is 0 Å². The fourth-order valence-corrected chi connectivity index (χ4v) is 3.60. The van der Waals surface area contributed by atoms with Crippen LogP contribution < -0.4 is 10.0 Å². The molecule has 0 aromatic heterocycles. The van der Waals surface area contributed by atoms with Crippen molar-refractivity contribution >= 4 is 15.9 Å². The van der Waals surface area contributed by atoms with E-state index in [1.165, 1.54) is 57.0 Å². The molecule has 1 aliphatic heterocycles. The number of likely N-dealkylation sites (tertiary alicyclic amines) is 1. The number of hydrogen-bond acceptors (Lipinski definition) is 4. The molecule has 1 saturated heterocycles. The molecule has 0 saturated carbocycles. The second kappa shape index (κ2) is 9.15. The lowest BCUT2D eigenvalue weighted by molar-refractivity contribution is 0.0951. The largest absolute Gasteiger partial charge is 0.352 e. The van der Waals surface area contributed by atoms with Crippen LogP contribution in [0.4, 0.5) is 0 Å². The number of hydrogen-bond donors (Lipinski definition) is 2. The highest BCUT2D eigenvalue weighted by Crippen LogP contribution is 2.11. The lowest BCUT2D eigenvalue weighted by Gasteiger charge is -2.19. The van der Waals surface area contributed by atoms with Crippen molar-refractivity contribution < 1.29 is 13.2 Å². The van der Waals surface area contributed by atoms with Crippen molar-refractivity contribution in [3.63, 3.8) is 0 Å². The fraction of sp³-hybridized carbons (Fsp3) is 0.588. The summed E-state index contributed by atoms with van der Waals surface area (Å²) in [6.07, 6.45) is 6.12. The van der Waals surface area contributed by atoms with Crippen LogP contribution in [0.3, 0.4) is 0 Å². The highest BCUT2D eigenvalue weighted by Gasteiger charge is 2.13. The first-order valence-corrected chi connectivity index (χ1v) is 10.1. The molecule has 1 aromatic carbocycles. The Balaban J connectivity index is 1.76. The molecule has 0 atom stereocenters. The summed E-state index contributed by atoms with van der Waals surface area (Å²) >= 11 is 0. The van der Waals surface area contributed by atoms with Crippen LogP contribution in [0, 0.1) is 0 Å². The van der Waals surface area contributed by atoms with E-state index in [-0.39, 0.29) is 10.8 Å². The molecular formula is C17H27N3O3S. The third-order valence-electron chi connectivity index (χ3n) is 4.33. The van der Waals surface area contributed by atoms with Crippen LogP contribution in [-0.4, -0.2) is 52.5 Å². The Morgan fingerprint density at radius 3 is 2.29 bits per heavy atom. The minimum Gasteiger partial charge on any atom is -0.352 e. The lowest BCUT2D eigenvalue weighted by atomic mass is 10.2. The van der Waals surface area contributed by atoms with E-state index in [1.807, 2.05) is 0 Å². The van der Waals surface area contributed by atoms with Crippen molar-refractivity contribution in [2.45, 2.75) is 37.0 Å². The van der Waals surface area contributed by atoms with Crippen LogP contribution in [-0.2, 0) is 10.0 Å². The summed E-state index contributed by atoms with van der Waals surface area (Å²) in [6, 6.07) is 5.96. The van der Waals surface area contributed by atoms with Gasteiger partial charge in [-0.25, -0.2) is 13.1 Å². The first-order valence-electron chi connectivity index (χ1n) is 8.57. The van der Waals surface area contributed by atoms with Gasteiger partial charge in [-0.15, -0.1) is 0 Å². The highest BCUT2D eigenvalue weighted by atomic mass is 32.2. The van der Waals surface area contributed by atoms with Crippen LogP contribution >= 0.6 is 0 Å². The maximum Gasteiger partial charge on any atom is 0.251 e. The zero-order valence-corrected chi connectivity index (χ0v) is 15.1. The fourth-order valence-electron chi connectivity index (χ4n) is 2.87. The van der Waals surface area contributed by atoms with Gasteiger partial charge in [-0.3, -0.25) is 4.79 Å². The maximum atomic E-state index is 12.1. The number of rotatable bonds is 7. The van der Waals surface area contributed by atoms with Crippen molar-refractivity contribution in [1.29, 1.82) is 0 Å². The van der Waals surface area contributed by atoms with E-state index in [9.17, 15) is 13.2 Å². The molecule has 0 unspecified atom stereocenters. The molecule has 2 N–H and O–H groups in total. The number of benzene rings is 1. The van der Waals surface area contributed by atoms with Gasteiger partial charge in [0.25, 0.3) is 5.91 Å². The van der Waals surface area contributed by atoms with Crippen molar-refractivity contribution in [2.75, 3.05) is 33.2 Å². The van der Waals surface area contributed by atoms with Gasteiger partial charge in [-0.2, -0.15) is 0 Å². The molecule has 1 heterocycles. The Bertz CT molecular complexity index is 621. The van der Waals surface area contributed by atoms with Gasteiger partial charge in [0.1, 0.15) is 0 Å². The van der Waals surface area contributed by atoms with Gasteiger partial charge in [0.2, 0.25) is 10.0 Å². The standard InChI is InChI=1S/C17H27N3O3S/c1-18-24(22,23)16-9-7-15(8-10-16)17(21)19-11-6-14-20-12-4-2-3-5-13-20/h7-10,18H,2-6,11-14H2,1H3,(H,19,21). The SMILES string of the molecule is CNS(=O)(=O)c1ccc(C(=O)NCCCN2CCCCCC2)cc1.